The number of benzene rings is 2. The molecule has 1 fully saturated rings. The van der Waals surface area contributed by atoms with Crippen LogP contribution < -0.4 is 5.32 Å². The standard InChI is InChI=1S/C22H22N2O2/c25-22(15-7-4-8-15)26-21-20-17(11-12-23-21)18-13-16(9-10-19(18)24-20)14-5-2-1-3-6-14/h1-3,5-6,9-10,13,15,21,23-24H,4,7-8,11-12H2. The van der Waals surface area contributed by atoms with Gasteiger partial charge >= 0.3 is 5.97 Å². The highest BCUT2D eigenvalue weighted by molar-refractivity contribution is 5.89. The lowest BCUT2D eigenvalue weighted by Crippen LogP contribution is -2.35. The Kier molecular flexibility index (Phi) is 3.79. The summed E-state index contributed by atoms with van der Waals surface area (Å²) in [6.07, 6.45) is 3.64. The summed E-state index contributed by atoms with van der Waals surface area (Å²) in [7, 11) is 0. The first-order chi connectivity index (χ1) is 12.8. The molecule has 0 radical (unpaired) electrons. The monoisotopic (exact) mass is 346 g/mol. The maximum absolute atomic E-state index is 12.3. The highest BCUT2D eigenvalue weighted by atomic mass is 16.6. The van der Waals surface area contributed by atoms with Gasteiger partial charge in [-0.25, -0.2) is 0 Å². The third-order valence-electron chi connectivity index (χ3n) is 5.69. The predicted molar refractivity (Wildman–Crippen MR) is 102 cm³/mol. The number of hydrogen-bond acceptors (Lipinski definition) is 3. The Morgan fingerprint density at radius 3 is 2.65 bits per heavy atom. The van der Waals surface area contributed by atoms with Gasteiger partial charge in [-0.2, -0.15) is 0 Å². The minimum absolute atomic E-state index is 0.0646. The fourth-order valence-electron chi connectivity index (χ4n) is 3.96. The summed E-state index contributed by atoms with van der Waals surface area (Å²) in [5.41, 5.74) is 5.79. The maximum Gasteiger partial charge on any atom is 0.310 e. The first-order valence-corrected chi connectivity index (χ1v) is 9.43. The van der Waals surface area contributed by atoms with Crippen LogP contribution in [0.1, 0.15) is 36.7 Å². The highest BCUT2D eigenvalue weighted by Gasteiger charge is 2.32. The minimum Gasteiger partial charge on any atom is -0.440 e. The maximum atomic E-state index is 12.3. The first kappa shape index (κ1) is 15.6. The Hall–Kier alpha value is -2.59. The Morgan fingerprint density at radius 2 is 1.88 bits per heavy atom. The number of H-pyrrole nitrogens is 1. The van der Waals surface area contributed by atoms with Crippen molar-refractivity contribution in [3.8, 4) is 11.1 Å². The zero-order chi connectivity index (χ0) is 17.5. The summed E-state index contributed by atoms with van der Waals surface area (Å²) >= 11 is 0. The average Bonchev–Trinajstić information content (AvgIpc) is 3.00. The van der Waals surface area contributed by atoms with Gasteiger partial charge in [-0.1, -0.05) is 42.8 Å². The van der Waals surface area contributed by atoms with Gasteiger partial charge in [0.25, 0.3) is 0 Å². The molecule has 0 spiro atoms. The van der Waals surface area contributed by atoms with Crippen LogP contribution >= 0.6 is 0 Å². The summed E-state index contributed by atoms with van der Waals surface area (Å²) in [6, 6.07) is 16.9. The second kappa shape index (κ2) is 6.29. The number of hydrogen-bond donors (Lipinski definition) is 2. The van der Waals surface area contributed by atoms with Crippen LogP contribution in [0, 0.1) is 5.92 Å². The van der Waals surface area contributed by atoms with Crippen LogP contribution in [0.15, 0.2) is 48.5 Å². The number of carbonyl (C=O) groups is 1. The molecular formula is C22H22N2O2. The second-order valence-electron chi connectivity index (χ2n) is 7.29. The van der Waals surface area contributed by atoms with Gasteiger partial charge in [0.05, 0.1) is 11.6 Å². The van der Waals surface area contributed by atoms with E-state index in [-0.39, 0.29) is 18.1 Å². The summed E-state index contributed by atoms with van der Waals surface area (Å²) < 4.78 is 5.78. The fraction of sp³-hybridized carbons (Fsp3) is 0.318. The number of nitrogens with one attached hydrogen (secondary N) is 2. The Balaban J connectivity index is 1.50. The molecule has 0 saturated heterocycles. The van der Waals surface area contributed by atoms with Gasteiger partial charge < -0.3 is 9.72 Å². The summed E-state index contributed by atoms with van der Waals surface area (Å²) in [5, 5.41) is 4.57. The van der Waals surface area contributed by atoms with Gasteiger partial charge in [0.1, 0.15) is 0 Å². The zero-order valence-electron chi connectivity index (χ0n) is 14.6. The smallest absolute Gasteiger partial charge is 0.310 e. The van der Waals surface area contributed by atoms with Crippen LogP contribution in [0.4, 0.5) is 0 Å². The number of aromatic nitrogens is 1. The molecule has 1 aromatic heterocycles. The second-order valence-corrected chi connectivity index (χ2v) is 7.29. The van der Waals surface area contributed by atoms with Crippen molar-refractivity contribution in [2.45, 2.75) is 31.9 Å². The normalized spacial score (nSPS) is 19.8. The molecule has 26 heavy (non-hydrogen) atoms. The molecule has 1 unspecified atom stereocenters. The van der Waals surface area contributed by atoms with Gasteiger partial charge in [-0.15, -0.1) is 0 Å². The lowest BCUT2D eigenvalue weighted by molar-refractivity contribution is -0.159. The van der Waals surface area contributed by atoms with Crippen molar-refractivity contribution in [2.24, 2.45) is 5.92 Å². The van der Waals surface area contributed by atoms with E-state index < -0.39 is 0 Å². The molecule has 2 aromatic carbocycles. The van der Waals surface area contributed by atoms with Crippen molar-refractivity contribution in [1.29, 1.82) is 0 Å². The molecule has 2 heterocycles. The number of esters is 1. The summed E-state index contributed by atoms with van der Waals surface area (Å²) in [4.78, 5) is 15.8. The van der Waals surface area contributed by atoms with E-state index in [1.807, 2.05) is 6.07 Å². The van der Waals surface area contributed by atoms with Gasteiger partial charge in [0, 0.05) is 17.4 Å². The molecule has 1 aliphatic heterocycles. The molecule has 0 amide bonds. The van der Waals surface area contributed by atoms with Crippen molar-refractivity contribution in [1.82, 2.24) is 10.3 Å². The van der Waals surface area contributed by atoms with E-state index in [1.54, 1.807) is 0 Å². The molecule has 1 atom stereocenters. The van der Waals surface area contributed by atoms with Gasteiger partial charge in [0.15, 0.2) is 6.23 Å². The third kappa shape index (κ3) is 2.61. The van der Waals surface area contributed by atoms with Crippen LogP contribution in [0.2, 0.25) is 0 Å². The van der Waals surface area contributed by atoms with Crippen LogP contribution in [-0.4, -0.2) is 17.5 Å². The van der Waals surface area contributed by atoms with Crippen LogP contribution in [-0.2, 0) is 16.0 Å². The molecule has 3 aromatic rings. The quantitative estimate of drug-likeness (QED) is 0.694. The first-order valence-electron chi connectivity index (χ1n) is 9.43. The minimum atomic E-state index is -0.362. The summed E-state index contributed by atoms with van der Waals surface area (Å²) in [6.45, 7) is 0.818. The Labute approximate surface area is 152 Å². The van der Waals surface area contributed by atoms with Crippen molar-refractivity contribution in [2.75, 3.05) is 6.54 Å². The molecule has 4 nitrogen and oxygen atoms in total. The fourth-order valence-corrected chi connectivity index (χ4v) is 3.96. The number of fused-ring (bicyclic) bond motifs is 3. The lowest BCUT2D eigenvalue weighted by Gasteiger charge is -2.29. The third-order valence-corrected chi connectivity index (χ3v) is 5.69. The summed E-state index contributed by atoms with van der Waals surface area (Å²) in [5.74, 6) is 0.0291. The van der Waals surface area contributed by atoms with E-state index in [0.717, 1.165) is 43.4 Å². The van der Waals surface area contributed by atoms with Crippen molar-refractivity contribution < 1.29 is 9.53 Å². The number of carbonyl (C=O) groups excluding carboxylic acids is 1. The zero-order valence-corrected chi connectivity index (χ0v) is 14.6. The molecule has 4 heteroatoms. The van der Waals surface area contributed by atoms with E-state index in [0.29, 0.717) is 0 Å². The Morgan fingerprint density at radius 1 is 1.04 bits per heavy atom. The van der Waals surface area contributed by atoms with Gasteiger partial charge in [0.2, 0.25) is 0 Å². The number of ether oxygens (including phenoxy) is 1. The molecule has 2 aliphatic rings. The average molecular weight is 346 g/mol. The van der Waals surface area contributed by atoms with E-state index in [2.05, 4.69) is 52.8 Å². The van der Waals surface area contributed by atoms with E-state index in [9.17, 15) is 4.79 Å². The lowest BCUT2D eigenvalue weighted by atomic mass is 9.86. The van der Waals surface area contributed by atoms with Crippen molar-refractivity contribution >= 4 is 16.9 Å². The molecule has 5 rings (SSSR count). The van der Waals surface area contributed by atoms with Crippen molar-refractivity contribution in [3.63, 3.8) is 0 Å². The molecular weight excluding hydrogens is 324 g/mol. The van der Waals surface area contributed by atoms with Crippen molar-refractivity contribution in [3.05, 3.63) is 59.8 Å². The molecule has 1 saturated carbocycles. The molecule has 2 N–H and O–H groups in total. The van der Waals surface area contributed by atoms with Crippen LogP contribution in [0.5, 0.6) is 0 Å². The number of aromatic amines is 1. The largest absolute Gasteiger partial charge is 0.440 e. The number of rotatable bonds is 3. The molecule has 0 bridgehead atoms. The molecule has 1 aliphatic carbocycles. The van der Waals surface area contributed by atoms with E-state index >= 15 is 0 Å². The molecule has 132 valence electrons. The SMILES string of the molecule is O=C(OC1NCCc2c1[nH]c1ccc(-c3ccccc3)cc21)C1CCC1. The van der Waals surface area contributed by atoms with Crippen LogP contribution in [0.25, 0.3) is 22.0 Å². The van der Waals surface area contributed by atoms with E-state index in [1.165, 1.54) is 22.1 Å². The predicted octanol–water partition coefficient (Wildman–Crippen LogP) is 4.32. The van der Waals surface area contributed by atoms with E-state index in [4.69, 9.17) is 4.74 Å². The van der Waals surface area contributed by atoms with Crippen LogP contribution in [0.3, 0.4) is 0 Å². The topological polar surface area (TPSA) is 54.1 Å². The highest BCUT2D eigenvalue weighted by Crippen LogP contribution is 2.35. The van der Waals surface area contributed by atoms with Gasteiger partial charge in [-0.05, 0) is 48.1 Å². The Bertz CT molecular complexity index is 957. The van der Waals surface area contributed by atoms with Gasteiger partial charge in [-0.3, -0.25) is 10.1 Å².